The Morgan fingerprint density at radius 1 is 0.933 bits per heavy atom. The fourth-order valence-corrected chi connectivity index (χ4v) is 2.82. The monoisotopic (exact) mass is 219 g/mol. The maximum absolute atomic E-state index is 9.70. The molecule has 2 saturated heterocycles. The van der Waals surface area contributed by atoms with E-state index in [1.54, 1.807) is 11.8 Å². The van der Waals surface area contributed by atoms with E-state index < -0.39 is 36.5 Å². The summed E-state index contributed by atoms with van der Waals surface area (Å²) in [5.74, 6) is 0. The van der Waals surface area contributed by atoms with Gasteiger partial charge in [-0.3, -0.25) is 4.90 Å². The van der Waals surface area contributed by atoms with Crippen molar-refractivity contribution in [3.8, 4) is 0 Å². The van der Waals surface area contributed by atoms with Crippen LogP contribution in [0.1, 0.15) is 6.92 Å². The molecule has 0 amide bonds. The van der Waals surface area contributed by atoms with Crippen molar-refractivity contribution in [2.75, 3.05) is 6.61 Å². The predicted octanol–water partition coefficient (Wildman–Crippen LogP) is -3.12. The Labute approximate surface area is 87.4 Å². The molecule has 0 aromatic carbocycles. The summed E-state index contributed by atoms with van der Waals surface area (Å²) in [6.07, 6.45) is -4.24. The number of nitrogens with zero attached hydrogens (tertiary/aromatic N) is 1. The number of aliphatic hydroxyl groups is 5. The summed E-state index contributed by atoms with van der Waals surface area (Å²) in [4.78, 5) is 1.60. The summed E-state index contributed by atoms with van der Waals surface area (Å²) < 4.78 is 0. The van der Waals surface area contributed by atoms with Gasteiger partial charge in [-0.25, -0.2) is 0 Å². The van der Waals surface area contributed by atoms with Gasteiger partial charge in [0.1, 0.15) is 0 Å². The van der Waals surface area contributed by atoms with Crippen LogP contribution < -0.4 is 0 Å². The van der Waals surface area contributed by atoms with E-state index in [-0.39, 0.29) is 12.6 Å². The molecule has 0 bridgehead atoms. The normalized spacial score (nSPS) is 56.0. The maximum Gasteiger partial charge on any atom is 0.0996 e. The van der Waals surface area contributed by atoms with Crippen LogP contribution in [0.5, 0.6) is 0 Å². The standard InChI is InChI=1S/C9H17NO5/c1-3-6(12)8(14)5-9(15)7(13)4(2-11)10(3)5/h3-9,11-15H,2H2,1H3/t3-,4-,5-,6-,7-,8+,9+/m1/s1. The highest BCUT2D eigenvalue weighted by Gasteiger charge is 2.59. The lowest BCUT2D eigenvalue weighted by atomic mass is 10.00. The molecular weight excluding hydrogens is 202 g/mol. The van der Waals surface area contributed by atoms with Gasteiger partial charge in [0.15, 0.2) is 0 Å². The Hall–Kier alpha value is -0.240. The molecule has 7 atom stereocenters. The van der Waals surface area contributed by atoms with Crippen LogP contribution in [0.2, 0.25) is 0 Å². The smallest absolute Gasteiger partial charge is 0.0996 e. The molecule has 0 aromatic heterocycles. The highest BCUT2D eigenvalue weighted by atomic mass is 16.4. The molecular formula is C9H17NO5. The molecule has 0 spiro atoms. The van der Waals surface area contributed by atoms with E-state index in [9.17, 15) is 20.4 Å². The third kappa shape index (κ3) is 1.33. The summed E-state index contributed by atoms with van der Waals surface area (Å²) in [6.45, 7) is 1.39. The van der Waals surface area contributed by atoms with Crippen LogP contribution in [0.25, 0.3) is 0 Å². The number of fused-ring (bicyclic) bond motifs is 1. The van der Waals surface area contributed by atoms with Crippen LogP contribution in [0.4, 0.5) is 0 Å². The Balaban J connectivity index is 2.29. The molecule has 5 N–H and O–H groups in total. The van der Waals surface area contributed by atoms with Crippen molar-refractivity contribution in [3.05, 3.63) is 0 Å². The van der Waals surface area contributed by atoms with Crippen molar-refractivity contribution in [2.45, 2.75) is 49.5 Å². The first-order valence-corrected chi connectivity index (χ1v) is 5.11. The van der Waals surface area contributed by atoms with Crippen molar-refractivity contribution in [2.24, 2.45) is 0 Å². The highest BCUT2D eigenvalue weighted by Crippen LogP contribution is 2.37. The fraction of sp³-hybridized carbons (Fsp3) is 1.00. The van der Waals surface area contributed by atoms with Crippen molar-refractivity contribution in [1.29, 1.82) is 0 Å². The average molecular weight is 219 g/mol. The molecule has 0 saturated carbocycles. The molecule has 15 heavy (non-hydrogen) atoms. The molecule has 2 fully saturated rings. The molecule has 2 aliphatic rings. The van der Waals surface area contributed by atoms with E-state index in [2.05, 4.69) is 0 Å². The van der Waals surface area contributed by atoms with Crippen molar-refractivity contribution < 1.29 is 25.5 Å². The second-order valence-corrected chi connectivity index (χ2v) is 4.39. The van der Waals surface area contributed by atoms with Gasteiger partial charge in [0.25, 0.3) is 0 Å². The largest absolute Gasteiger partial charge is 0.395 e. The lowest BCUT2D eigenvalue weighted by molar-refractivity contribution is -0.0321. The molecule has 2 aliphatic heterocycles. The Morgan fingerprint density at radius 2 is 1.47 bits per heavy atom. The predicted molar refractivity (Wildman–Crippen MR) is 50.0 cm³/mol. The number of hydrogen-bond acceptors (Lipinski definition) is 6. The van der Waals surface area contributed by atoms with Crippen LogP contribution in [0.3, 0.4) is 0 Å². The van der Waals surface area contributed by atoms with Crippen LogP contribution in [-0.2, 0) is 0 Å². The quantitative estimate of drug-likeness (QED) is 0.319. The Kier molecular flexibility index (Phi) is 2.74. The topological polar surface area (TPSA) is 104 Å². The van der Waals surface area contributed by atoms with E-state index in [0.717, 1.165) is 0 Å². The number of rotatable bonds is 1. The molecule has 0 aliphatic carbocycles. The summed E-state index contributed by atoms with van der Waals surface area (Å²) >= 11 is 0. The zero-order valence-corrected chi connectivity index (χ0v) is 8.43. The van der Waals surface area contributed by atoms with Gasteiger partial charge in [0.2, 0.25) is 0 Å². The zero-order valence-electron chi connectivity index (χ0n) is 8.43. The third-order valence-electron chi connectivity index (χ3n) is 3.67. The SMILES string of the molecule is C[C@@H]1[C@@H](O)[C@@H](O)[C@@H]2[C@H](O)[C@H](O)[C@@H](CO)N21. The molecule has 0 radical (unpaired) electrons. The van der Waals surface area contributed by atoms with Crippen molar-refractivity contribution >= 4 is 0 Å². The summed E-state index contributed by atoms with van der Waals surface area (Å²) in [5.41, 5.74) is 0. The number of aliphatic hydroxyl groups excluding tert-OH is 5. The van der Waals surface area contributed by atoms with Gasteiger partial charge >= 0.3 is 0 Å². The second kappa shape index (κ2) is 3.65. The summed E-state index contributed by atoms with van der Waals surface area (Å²) in [5, 5.41) is 47.8. The van der Waals surface area contributed by atoms with E-state index >= 15 is 0 Å². The number of hydrogen-bond donors (Lipinski definition) is 5. The van der Waals surface area contributed by atoms with Gasteiger partial charge < -0.3 is 25.5 Å². The van der Waals surface area contributed by atoms with Gasteiger partial charge in [-0.1, -0.05) is 0 Å². The van der Waals surface area contributed by atoms with E-state index in [1.165, 1.54) is 0 Å². The maximum atomic E-state index is 9.70. The first kappa shape index (κ1) is 11.3. The zero-order chi connectivity index (χ0) is 11.3. The van der Waals surface area contributed by atoms with E-state index in [1.807, 2.05) is 0 Å². The van der Waals surface area contributed by atoms with Gasteiger partial charge in [-0.2, -0.15) is 0 Å². The molecule has 88 valence electrons. The fourth-order valence-electron chi connectivity index (χ4n) is 2.82. The van der Waals surface area contributed by atoms with Gasteiger partial charge in [-0.15, -0.1) is 0 Å². The molecule has 0 unspecified atom stereocenters. The van der Waals surface area contributed by atoms with Gasteiger partial charge in [0, 0.05) is 6.04 Å². The van der Waals surface area contributed by atoms with Gasteiger partial charge in [0.05, 0.1) is 43.1 Å². The van der Waals surface area contributed by atoms with E-state index in [4.69, 9.17) is 5.11 Å². The Bertz CT molecular complexity index is 251. The molecule has 0 aromatic rings. The van der Waals surface area contributed by atoms with Crippen LogP contribution in [0, 0.1) is 0 Å². The lowest BCUT2D eigenvalue weighted by Crippen LogP contribution is -2.45. The summed E-state index contributed by atoms with van der Waals surface area (Å²) in [6, 6.07) is -1.69. The Morgan fingerprint density at radius 3 is 2.00 bits per heavy atom. The first-order valence-electron chi connectivity index (χ1n) is 5.11. The van der Waals surface area contributed by atoms with Gasteiger partial charge in [-0.05, 0) is 6.92 Å². The molecule has 6 heteroatoms. The van der Waals surface area contributed by atoms with Crippen LogP contribution in [-0.4, -0.2) is 79.6 Å². The van der Waals surface area contributed by atoms with Crippen LogP contribution in [0.15, 0.2) is 0 Å². The molecule has 2 rings (SSSR count). The minimum atomic E-state index is -1.13. The summed E-state index contributed by atoms with van der Waals surface area (Å²) in [7, 11) is 0. The van der Waals surface area contributed by atoms with E-state index in [0.29, 0.717) is 0 Å². The first-order chi connectivity index (χ1) is 7.00. The lowest BCUT2D eigenvalue weighted by Gasteiger charge is -2.27. The van der Waals surface area contributed by atoms with Crippen molar-refractivity contribution in [3.63, 3.8) is 0 Å². The minimum Gasteiger partial charge on any atom is -0.395 e. The minimum absolute atomic E-state index is 0.307. The average Bonchev–Trinajstić information content (AvgIpc) is 2.59. The second-order valence-electron chi connectivity index (χ2n) is 4.39. The highest BCUT2D eigenvalue weighted by molar-refractivity contribution is 5.12. The molecule has 2 heterocycles. The molecule has 6 nitrogen and oxygen atoms in total. The van der Waals surface area contributed by atoms with Crippen molar-refractivity contribution in [1.82, 2.24) is 4.90 Å². The third-order valence-corrected chi connectivity index (χ3v) is 3.67. The van der Waals surface area contributed by atoms with Crippen LogP contribution >= 0.6 is 0 Å².